The Morgan fingerprint density at radius 2 is 2.42 bits per heavy atom. The van der Waals surface area contributed by atoms with E-state index < -0.39 is 5.97 Å². The first kappa shape index (κ1) is 8.92. The number of hydrogen-bond donors (Lipinski definition) is 3. The molecule has 0 bridgehead atoms. The number of rotatable bonds is 2. The average molecular weight is 187 g/mol. The van der Waals surface area contributed by atoms with Crippen LogP contribution in [0.4, 0.5) is 5.82 Å². The fraction of sp³-hybridized carbons (Fsp3) is 0.333. The summed E-state index contributed by atoms with van der Waals surface area (Å²) in [6, 6.07) is 0. The predicted octanol–water partition coefficient (Wildman–Crippen LogP) is 0.472. The monoisotopic (exact) mass is 187 g/mol. The van der Waals surface area contributed by atoms with E-state index in [0.717, 1.165) is 0 Å². The van der Waals surface area contributed by atoms with Crippen LogP contribution in [0.25, 0.3) is 0 Å². The normalized spacial score (nSPS) is 10.2. The zero-order chi connectivity index (χ0) is 9.30. The van der Waals surface area contributed by atoms with Gasteiger partial charge in [0.05, 0.1) is 0 Å². The van der Waals surface area contributed by atoms with E-state index in [4.69, 9.17) is 10.8 Å². The van der Waals surface area contributed by atoms with Crippen molar-refractivity contribution >= 4 is 24.4 Å². The van der Waals surface area contributed by atoms with Gasteiger partial charge < -0.3 is 15.4 Å². The summed E-state index contributed by atoms with van der Waals surface area (Å²) in [5.74, 6) is -1.07. The van der Waals surface area contributed by atoms with Gasteiger partial charge in [-0.25, -0.2) is 9.78 Å². The molecule has 1 heterocycles. The fourth-order valence-corrected chi connectivity index (χ4v) is 1.33. The molecule has 3 N–H and O–H groups in total. The number of hydrogen-bond acceptors (Lipinski definition) is 4. The highest BCUT2D eigenvalue weighted by molar-refractivity contribution is 7.80. The van der Waals surface area contributed by atoms with Crippen LogP contribution in [0.5, 0.6) is 0 Å². The third-order valence-corrected chi connectivity index (χ3v) is 1.83. The summed E-state index contributed by atoms with van der Waals surface area (Å²) in [4.78, 5) is 14.4. The summed E-state index contributed by atoms with van der Waals surface area (Å²) in [6.45, 7) is 2.29. The zero-order valence-electron chi connectivity index (χ0n) is 6.48. The Morgan fingerprint density at radius 3 is 2.75 bits per heavy atom. The second-order valence-corrected chi connectivity index (χ2v) is 2.60. The maximum Gasteiger partial charge on any atom is 0.356 e. The molecule has 1 aromatic rings. The Kier molecular flexibility index (Phi) is 2.27. The van der Waals surface area contributed by atoms with Gasteiger partial charge in [0.15, 0.2) is 16.7 Å². The fourth-order valence-electron chi connectivity index (χ4n) is 0.984. The maximum atomic E-state index is 10.6. The van der Waals surface area contributed by atoms with Gasteiger partial charge in [-0.3, -0.25) is 0 Å². The number of aromatic nitrogens is 2. The van der Waals surface area contributed by atoms with Crippen molar-refractivity contribution < 1.29 is 9.90 Å². The number of anilines is 1. The minimum Gasteiger partial charge on any atom is -0.476 e. The lowest BCUT2D eigenvalue weighted by molar-refractivity contribution is 0.0685. The summed E-state index contributed by atoms with van der Waals surface area (Å²) in [5.41, 5.74) is 5.36. The zero-order valence-corrected chi connectivity index (χ0v) is 7.38. The van der Waals surface area contributed by atoms with E-state index in [9.17, 15) is 4.79 Å². The Hall–Kier alpha value is -1.17. The second kappa shape index (κ2) is 3.06. The van der Waals surface area contributed by atoms with Crippen LogP contribution in [0.1, 0.15) is 17.4 Å². The van der Waals surface area contributed by atoms with Crippen LogP contribution in [0.2, 0.25) is 0 Å². The van der Waals surface area contributed by atoms with Crippen molar-refractivity contribution in [2.45, 2.75) is 18.6 Å². The molecule has 6 heteroatoms. The summed E-state index contributed by atoms with van der Waals surface area (Å²) in [6.07, 6.45) is 0. The minimum atomic E-state index is -1.08. The topological polar surface area (TPSA) is 81.1 Å². The van der Waals surface area contributed by atoms with Crippen molar-refractivity contribution in [1.29, 1.82) is 0 Å². The molecule has 0 unspecified atom stereocenters. The number of carboxylic acid groups (broad SMARTS) is 1. The number of carbonyl (C=O) groups is 1. The second-order valence-electron chi connectivity index (χ2n) is 2.20. The molecular formula is C6H9N3O2S. The smallest absolute Gasteiger partial charge is 0.356 e. The molecule has 0 fully saturated rings. The molecule has 66 valence electrons. The third kappa shape index (κ3) is 1.25. The molecule has 1 rings (SSSR count). The Bertz CT molecular complexity index is 321. The number of carboxylic acids is 1. The average Bonchev–Trinajstić information content (AvgIpc) is 2.24. The van der Waals surface area contributed by atoms with Gasteiger partial charge in [-0.2, -0.15) is 0 Å². The van der Waals surface area contributed by atoms with Gasteiger partial charge in [-0.1, -0.05) is 0 Å². The van der Waals surface area contributed by atoms with Gasteiger partial charge in [0, 0.05) is 6.54 Å². The minimum absolute atomic E-state index is 0.00231. The number of nitrogens with zero attached hydrogens (tertiary/aromatic N) is 2. The van der Waals surface area contributed by atoms with Crippen LogP contribution < -0.4 is 5.73 Å². The van der Waals surface area contributed by atoms with Gasteiger partial charge >= 0.3 is 5.97 Å². The predicted molar refractivity (Wildman–Crippen MR) is 46.5 cm³/mol. The summed E-state index contributed by atoms with van der Waals surface area (Å²) in [5, 5.41) is 9.04. The molecule has 1 aromatic heterocycles. The van der Waals surface area contributed by atoms with E-state index in [-0.39, 0.29) is 11.5 Å². The van der Waals surface area contributed by atoms with Crippen LogP contribution in [-0.2, 0) is 6.54 Å². The summed E-state index contributed by atoms with van der Waals surface area (Å²) < 4.78 is 1.43. The lowest BCUT2D eigenvalue weighted by Crippen LogP contribution is -2.09. The van der Waals surface area contributed by atoms with E-state index in [0.29, 0.717) is 11.7 Å². The first-order valence-corrected chi connectivity index (χ1v) is 3.80. The maximum absolute atomic E-state index is 10.6. The molecule has 0 aromatic carbocycles. The SMILES string of the molecule is CCn1c(S)nc(N)c1C(=O)O. The quantitative estimate of drug-likeness (QED) is 0.588. The lowest BCUT2D eigenvalue weighted by atomic mass is 10.4. The van der Waals surface area contributed by atoms with Crippen LogP contribution in [-0.4, -0.2) is 20.6 Å². The van der Waals surface area contributed by atoms with Crippen LogP contribution in [0, 0.1) is 0 Å². The molecule has 12 heavy (non-hydrogen) atoms. The molecule has 0 amide bonds. The van der Waals surface area contributed by atoms with Gasteiger partial charge in [-0.15, -0.1) is 12.6 Å². The molecule has 5 nitrogen and oxygen atoms in total. The third-order valence-electron chi connectivity index (χ3n) is 1.49. The number of nitrogens with two attached hydrogens (primary N) is 1. The van der Waals surface area contributed by atoms with Gasteiger partial charge in [0.25, 0.3) is 0 Å². The first-order valence-electron chi connectivity index (χ1n) is 3.36. The molecular weight excluding hydrogens is 178 g/mol. The number of thiol groups is 1. The first-order chi connectivity index (χ1) is 5.57. The van der Waals surface area contributed by atoms with Crippen molar-refractivity contribution in [2.75, 3.05) is 5.73 Å². The Morgan fingerprint density at radius 1 is 1.83 bits per heavy atom. The molecule has 0 aliphatic carbocycles. The van der Waals surface area contributed by atoms with Crippen LogP contribution >= 0.6 is 12.6 Å². The van der Waals surface area contributed by atoms with Crippen molar-refractivity contribution in [3.05, 3.63) is 5.69 Å². The molecule has 0 aliphatic rings. The number of imidazole rings is 1. The molecule has 0 aliphatic heterocycles. The van der Waals surface area contributed by atoms with E-state index in [2.05, 4.69) is 17.6 Å². The van der Waals surface area contributed by atoms with Crippen molar-refractivity contribution in [2.24, 2.45) is 0 Å². The van der Waals surface area contributed by atoms with Gasteiger partial charge in [-0.05, 0) is 6.92 Å². The standard InChI is InChI=1S/C6H9N3O2S/c1-2-9-3(5(10)11)4(7)8-6(9)12/h2,7H2,1H3,(H,8,12)(H,10,11). The molecule has 0 saturated carbocycles. The number of nitrogen functional groups attached to an aromatic ring is 1. The van der Waals surface area contributed by atoms with E-state index in [1.54, 1.807) is 6.92 Å². The summed E-state index contributed by atoms with van der Waals surface area (Å²) >= 11 is 3.97. The highest BCUT2D eigenvalue weighted by Crippen LogP contribution is 2.16. The molecule has 0 spiro atoms. The van der Waals surface area contributed by atoms with Crippen LogP contribution in [0.15, 0.2) is 5.16 Å². The van der Waals surface area contributed by atoms with Gasteiger partial charge in [0.1, 0.15) is 0 Å². The van der Waals surface area contributed by atoms with E-state index in [1.807, 2.05) is 0 Å². The lowest BCUT2D eigenvalue weighted by Gasteiger charge is -2.01. The van der Waals surface area contributed by atoms with Crippen molar-refractivity contribution in [3.8, 4) is 0 Å². The van der Waals surface area contributed by atoms with Crippen LogP contribution in [0.3, 0.4) is 0 Å². The molecule has 0 saturated heterocycles. The Labute approximate surface area is 74.6 Å². The highest BCUT2D eigenvalue weighted by Gasteiger charge is 2.17. The van der Waals surface area contributed by atoms with E-state index >= 15 is 0 Å². The van der Waals surface area contributed by atoms with Gasteiger partial charge in [0.2, 0.25) is 0 Å². The Balaban J connectivity index is 3.32. The van der Waals surface area contributed by atoms with Crippen molar-refractivity contribution in [3.63, 3.8) is 0 Å². The largest absolute Gasteiger partial charge is 0.476 e. The molecule has 0 radical (unpaired) electrons. The van der Waals surface area contributed by atoms with Crippen molar-refractivity contribution in [1.82, 2.24) is 9.55 Å². The molecule has 0 atom stereocenters. The van der Waals surface area contributed by atoms with E-state index in [1.165, 1.54) is 4.57 Å². The number of aromatic carboxylic acids is 1. The summed E-state index contributed by atoms with van der Waals surface area (Å²) in [7, 11) is 0. The highest BCUT2D eigenvalue weighted by atomic mass is 32.1.